The van der Waals surface area contributed by atoms with E-state index in [1.54, 1.807) is 48.0 Å². The number of carboxylic acids is 3. The zero-order valence-electron chi connectivity index (χ0n) is 62.4. The van der Waals surface area contributed by atoms with Gasteiger partial charge in [-0.25, -0.2) is 0 Å². The summed E-state index contributed by atoms with van der Waals surface area (Å²) in [6.07, 6.45) is 1.49. The molecular formula is C48H113B8ILi2N8O33S. The third kappa shape index (κ3) is 115. The zero-order valence-corrected chi connectivity index (χ0v) is 65.3. The van der Waals surface area contributed by atoms with Crippen LogP contribution in [0.3, 0.4) is 0 Å². The third-order valence-corrected chi connectivity index (χ3v) is 11.7. The largest absolute Gasteiger partial charge is 1.00 e. The summed E-state index contributed by atoms with van der Waals surface area (Å²) in [6, 6.07) is -2.68. The molecule has 0 unspecified atom stereocenters. The Kier molecular flexibility index (Phi) is 104. The fourth-order valence-electron chi connectivity index (χ4n) is 6.41. The molecule has 8 atom stereocenters. The number of hydrogen-bond donors (Lipinski definition) is 21. The van der Waals surface area contributed by atoms with E-state index in [0.717, 1.165) is 17.8 Å². The average molecular weight is 1590 g/mol. The van der Waals surface area contributed by atoms with Crippen LogP contribution < -0.4 is 79.5 Å². The topological polar surface area (TPSA) is 672 Å². The summed E-state index contributed by atoms with van der Waals surface area (Å²) in [5.41, 5.74) is 0. The van der Waals surface area contributed by atoms with E-state index < -0.39 is 120 Å². The second-order valence-corrected chi connectivity index (χ2v) is 23.1. The van der Waals surface area contributed by atoms with E-state index in [2.05, 4.69) is 97.0 Å². The minimum absolute atomic E-state index is 0. The molecule has 0 aliphatic heterocycles. The Balaban J connectivity index is -0.0000000792. The van der Waals surface area contributed by atoms with Crippen LogP contribution in [-0.2, 0) is 85.9 Å². The maximum absolute atomic E-state index is 11.0. The molecule has 0 bridgehead atoms. The molecule has 0 saturated heterocycles. The molecule has 0 spiro atoms. The first-order valence-electron chi connectivity index (χ1n) is 29.6. The number of rotatable bonds is 38. The Morgan fingerprint density at radius 1 is 0.386 bits per heavy atom. The van der Waals surface area contributed by atoms with Crippen molar-refractivity contribution in [1.82, 2.24) is 41.8 Å². The molecule has 0 aromatic rings. The van der Waals surface area contributed by atoms with Crippen molar-refractivity contribution in [3.05, 3.63) is 0 Å². The SMILES string of the molecule is CB(O)N[C@H](C)CC(=O)O.CB(O)N[C@H](C)CC(=O)O.CO.COC(=O)C[C@@H](C)NB(C)O.COC(=O)C[C@@H](C)NB(C)O.COC(=O)C[C@@H](CI)NB(C)O.COC(=O)C[C@@H](CO)NB(C)O.COC(=O)C[C@@H](COS(C)(=O)=O)NB(C)O.COC(=O)C[C@H](NB(C)O)C(=O)O.[Li+].[Li+].[OH-].[OH-]. The van der Waals surface area contributed by atoms with Gasteiger partial charge in [0.2, 0.25) is 0 Å². The molecule has 101 heavy (non-hydrogen) atoms. The summed E-state index contributed by atoms with van der Waals surface area (Å²) >= 11 is 2.15. The molecule has 53 heteroatoms. The number of methoxy groups -OCH3 is 6. The predicted octanol–water partition coefficient (Wildman–Crippen LogP) is -12.4. The molecule has 0 amide bonds. The van der Waals surface area contributed by atoms with Gasteiger partial charge in [-0.2, -0.15) is 8.42 Å². The van der Waals surface area contributed by atoms with Crippen molar-refractivity contribution in [1.29, 1.82) is 0 Å². The zero-order chi connectivity index (χ0) is 78.3. The average Bonchev–Trinajstić information content (AvgIpc) is 1.10. The van der Waals surface area contributed by atoms with Gasteiger partial charge in [0.1, 0.15) is 6.04 Å². The number of aliphatic carboxylic acids is 3. The molecule has 0 aliphatic rings. The summed E-state index contributed by atoms with van der Waals surface area (Å²) in [7, 11) is -0.512. The van der Waals surface area contributed by atoms with E-state index in [0.29, 0.717) is 6.42 Å². The van der Waals surface area contributed by atoms with Crippen LogP contribution in [0.15, 0.2) is 0 Å². The molecule has 23 N–H and O–H groups in total. The van der Waals surface area contributed by atoms with Gasteiger partial charge in [-0.3, -0.25) is 47.3 Å². The minimum atomic E-state index is -3.57. The molecule has 0 aromatic carbocycles. The van der Waals surface area contributed by atoms with Crippen molar-refractivity contribution in [3.63, 3.8) is 0 Å². The van der Waals surface area contributed by atoms with Gasteiger partial charge in [-0.05, 0) is 54.6 Å². The fraction of sp³-hybridized carbons (Fsp3) is 0.812. The van der Waals surface area contributed by atoms with Crippen LogP contribution in [0.4, 0.5) is 0 Å². The van der Waals surface area contributed by atoms with Crippen LogP contribution >= 0.6 is 22.6 Å². The van der Waals surface area contributed by atoms with E-state index in [-0.39, 0.29) is 155 Å². The van der Waals surface area contributed by atoms with Crippen LogP contribution in [0, 0.1) is 0 Å². The second-order valence-electron chi connectivity index (χ2n) is 20.5. The Morgan fingerprint density at radius 2 is 0.604 bits per heavy atom. The van der Waals surface area contributed by atoms with Crippen LogP contribution in [0.25, 0.3) is 0 Å². The number of hydrogen-bond acceptors (Lipinski definition) is 38. The minimum Gasteiger partial charge on any atom is -0.870 e. The van der Waals surface area contributed by atoms with E-state index in [4.69, 9.17) is 65.7 Å². The van der Waals surface area contributed by atoms with Gasteiger partial charge in [0.25, 0.3) is 10.1 Å². The van der Waals surface area contributed by atoms with Gasteiger partial charge in [0, 0.05) is 53.8 Å². The Labute approximate surface area is 635 Å². The number of esters is 6. The van der Waals surface area contributed by atoms with Crippen molar-refractivity contribution in [2.75, 3.05) is 73.7 Å². The summed E-state index contributed by atoms with van der Waals surface area (Å²) in [5, 5.41) is 133. The Hall–Kier alpha value is -3.22. The maximum Gasteiger partial charge on any atom is 1.00 e. The molecular weight excluding hydrogens is 1480 g/mol. The number of carbonyl (C=O) groups excluding carboxylic acids is 6. The summed E-state index contributed by atoms with van der Waals surface area (Å²) in [6.45, 7) is 18.9. The molecule has 0 aromatic heterocycles. The van der Waals surface area contributed by atoms with Gasteiger partial charge in [0.05, 0.1) is 113 Å². The van der Waals surface area contributed by atoms with E-state index in [9.17, 15) is 51.6 Å². The van der Waals surface area contributed by atoms with Gasteiger partial charge >= 0.3 is 148 Å². The first-order valence-corrected chi connectivity index (χ1v) is 33.0. The molecule has 582 valence electrons. The number of ether oxygens (including phenoxy) is 6. The predicted molar refractivity (Wildman–Crippen MR) is 380 cm³/mol. The second kappa shape index (κ2) is 82.4. The number of aliphatic hydroxyl groups is 2. The molecule has 0 aliphatic carbocycles. The number of halogens is 1. The first kappa shape index (κ1) is 127. The Morgan fingerprint density at radius 3 is 0.822 bits per heavy atom. The number of alkyl halides is 1. The third-order valence-electron chi connectivity index (χ3n) is 10.0. The van der Waals surface area contributed by atoms with Crippen LogP contribution in [0.5, 0.6) is 0 Å². The smallest absolute Gasteiger partial charge is 0.870 e. The van der Waals surface area contributed by atoms with Crippen molar-refractivity contribution in [2.24, 2.45) is 0 Å². The number of aliphatic hydroxyl groups excluding tert-OH is 2. The molecule has 0 heterocycles. The van der Waals surface area contributed by atoms with Crippen LogP contribution in [0.1, 0.15) is 79.1 Å². The van der Waals surface area contributed by atoms with Gasteiger partial charge in [-0.15, -0.1) is 0 Å². The molecule has 0 saturated carbocycles. The fourth-order valence-corrected chi connectivity index (χ4v) is 7.39. The van der Waals surface area contributed by atoms with E-state index in [1.807, 2.05) is 13.8 Å². The standard InChI is InChI=1S/C7H16BNO6S.C6H13BINO3.C6H12BNO5.C6H14BNO4.2C6H14BNO3.2C5H12BNO3.CH4O.2Li.2H2O/c1-8(11)9-6(4-7(10)14-2)5-15-16(3,12)13;1-7(11)9-5(4-8)3-6(10)12-2;1-7(12)8-4(6(10)11)3-5(9)13-2;1-7(11)8-5(4-9)3-6(10)12-2;2*1-5(8-7(2)10)4-6(9)11-3;2*1-4(3-5(8)9)7-6(2)10;1-2;;;;/h6,9,11H,4-5H2,1-3H3;5,9,11H,3-4H2,1-2H3;4,8,12H,3H2,1-2H3,(H,10,11);5,8-9,11H,3-4H2,1-2H3;2*5,8,10H,4H2,1-3H3;2*4,7,10H,3H2,1-2H3,(H,8,9);2H,1H3;;;2*1H2/q;;;;;;;;;2*+1;;/p-2/t6-;5-;4-;3*5-;2*4-;;;;;/m00001111...../s1. The quantitative estimate of drug-likeness (QED) is 0.00682. The van der Waals surface area contributed by atoms with E-state index in [1.165, 1.54) is 63.1 Å². The van der Waals surface area contributed by atoms with Gasteiger partial charge in [-0.1, -0.05) is 50.3 Å². The first-order chi connectivity index (χ1) is 44.6. The van der Waals surface area contributed by atoms with Crippen molar-refractivity contribution >= 4 is 143 Å². The van der Waals surface area contributed by atoms with Crippen LogP contribution in [0.2, 0.25) is 54.6 Å². The normalized spacial score (nSPS) is 11.8. The number of carboxylic acid groups (broad SMARTS) is 3. The van der Waals surface area contributed by atoms with Crippen LogP contribution in [-0.4, -0.2) is 317 Å². The molecule has 0 fully saturated rings. The van der Waals surface area contributed by atoms with E-state index >= 15 is 0 Å². The van der Waals surface area contributed by atoms with Crippen molar-refractivity contribution < 1.29 is 199 Å². The summed E-state index contributed by atoms with van der Waals surface area (Å²) in [5.74, 6) is -5.30. The summed E-state index contributed by atoms with van der Waals surface area (Å²) in [4.78, 5) is 95.2. The summed E-state index contributed by atoms with van der Waals surface area (Å²) < 4.78 is 53.3. The number of carbonyl (C=O) groups is 9. The van der Waals surface area contributed by atoms with Crippen molar-refractivity contribution in [2.45, 2.75) is 182 Å². The molecule has 0 radical (unpaired) electrons. The molecule has 41 nitrogen and oxygen atoms in total. The number of nitrogens with one attached hydrogen (secondary N) is 8. The van der Waals surface area contributed by atoms with Gasteiger partial charge in [0.15, 0.2) is 0 Å². The Bertz CT molecular complexity index is 2070. The van der Waals surface area contributed by atoms with Gasteiger partial charge < -0.3 is 147 Å². The van der Waals surface area contributed by atoms with Crippen molar-refractivity contribution in [3.8, 4) is 0 Å². The maximum atomic E-state index is 11.0. The molecule has 0 rings (SSSR count). The monoisotopic (exact) mass is 1590 g/mol.